The summed E-state index contributed by atoms with van der Waals surface area (Å²) in [5, 5.41) is 10.5. The van der Waals surface area contributed by atoms with E-state index >= 15 is 0 Å². The van der Waals surface area contributed by atoms with Gasteiger partial charge in [0.2, 0.25) is 0 Å². The van der Waals surface area contributed by atoms with Gasteiger partial charge in [-0.15, -0.1) is 0 Å². The lowest BCUT2D eigenvalue weighted by Gasteiger charge is -2.05. The van der Waals surface area contributed by atoms with Crippen LogP contribution in [0.5, 0.6) is 0 Å². The zero-order chi connectivity index (χ0) is 14.8. The molecule has 0 saturated heterocycles. The van der Waals surface area contributed by atoms with Gasteiger partial charge in [-0.25, -0.2) is 8.42 Å². The molecular formula is C13H12N2O4S. The monoisotopic (exact) mass is 292 g/mol. The third-order valence-corrected chi connectivity index (χ3v) is 4.45. The smallest absolute Gasteiger partial charge is 0.269 e. The molecule has 0 aliphatic rings. The van der Waals surface area contributed by atoms with E-state index in [4.69, 9.17) is 5.73 Å². The normalized spacial score (nSPS) is 11.2. The molecule has 0 amide bonds. The highest BCUT2D eigenvalue weighted by Gasteiger charge is 2.15. The van der Waals surface area contributed by atoms with Gasteiger partial charge in [0.1, 0.15) is 0 Å². The number of nitrogen functional groups attached to an aromatic ring is 1. The number of hydrogen-bond donors (Lipinski definition) is 1. The Morgan fingerprint density at radius 3 is 2.05 bits per heavy atom. The first-order valence-electron chi connectivity index (χ1n) is 5.70. The molecule has 2 N–H and O–H groups in total. The second-order valence-corrected chi connectivity index (χ2v) is 6.24. The number of non-ortho nitro benzene ring substituents is 1. The average Bonchev–Trinajstić information content (AvgIpc) is 2.39. The molecule has 0 aliphatic heterocycles. The number of nitrogens with two attached hydrogens (primary N) is 1. The summed E-state index contributed by atoms with van der Waals surface area (Å²) in [5.74, 6) is -0.213. The fourth-order valence-electron chi connectivity index (χ4n) is 1.69. The van der Waals surface area contributed by atoms with Crippen LogP contribution in [0.1, 0.15) is 5.56 Å². The van der Waals surface area contributed by atoms with Gasteiger partial charge in [0.15, 0.2) is 9.84 Å². The molecule has 0 atom stereocenters. The fourth-order valence-corrected chi connectivity index (χ4v) is 3.04. The Kier molecular flexibility index (Phi) is 3.71. The minimum Gasteiger partial charge on any atom is -0.399 e. The van der Waals surface area contributed by atoms with E-state index < -0.39 is 14.8 Å². The van der Waals surface area contributed by atoms with Gasteiger partial charge in [0.05, 0.1) is 15.6 Å². The van der Waals surface area contributed by atoms with Crippen molar-refractivity contribution >= 4 is 21.2 Å². The number of sulfone groups is 1. The number of rotatable bonds is 4. The molecule has 0 aliphatic carbocycles. The van der Waals surface area contributed by atoms with Crippen LogP contribution in [0.25, 0.3) is 0 Å². The van der Waals surface area contributed by atoms with Crippen LogP contribution in [0.15, 0.2) is 53.4 Å². The SMILES string of the molecule is Nc1ccc(S(=O)(=O)Cc2ccc([N+](=O)[O-])cc2)cc1. The lowest BCUT2D eigenvalue weighted by atomic mass is 10.2. The van der Waals surface area contributed by atoms with Crippen molar-refractivity contribution in [1.29, 1.82) is 0 Å². The van der Waals surface area contributed by atoms with Gasteiger partial charge >= 0.3 is 0 Å². The Morgan fingerprint density at radius 2 is 1.55 bits per heavy atom. The molecule has 0 saturated carbocycles. The average molecular weight is 292 g/mol. The van der Waals surface area contributed by atoms with E-state index in [0.29, 0.717) is 11.3 Å². The van der Waals surface area contributed by atoms with Crippen LogP contribution < -0.4 is 5.73 Å². The highest BCUT2D eigenvalue weighted by atomic mass is 32.2. The maximum absolute atomic E-state index is 12.2. The maximum atomic E-state index is 12.2. The Hall–Kier alpha value is -2.41. The summed E-state index contributed by atoms with van der Waals surface area (Å²) in [6.07, 6.45) is 0. The van der Waals surface area contributed by atoms with Gasteiger partial charge in [-0.05, 0) is 29.8 Å². The van der Waals surface area contributed by atoms with Crippen LogP contribution in [0.4, 0.5) is 11.4 Å². The van der Waals surface area contributed by atoms with E-state index in [-0.39, 0.29) is 16.3 Å². The van der Waals surface area contributed by atoms with E-state index in [1.807, 2.05) is 0 Å². The molecular weight excluding hydrogens is 280 g/mol. The molecule has 0 heterocycles. The quantitative estimate of drug-likeness (QED) is 0.528. The van der Waals surface area contributed by atoms with Gasteiger partial charge in [0, 0.05) is 17.8 Å². The summed E-state index contributed by atoms with van der Waals surface area (Å²) in [6, 6.07) is 11.4. The van der Waals surface area contributed by atoms with E-state index in [9.17, 15) is 18.5 Å². The number of nitro groups is 1. The summed E-state index contributed by atoms with van der Waals surface area (Å²) in [4.78, 5) is 10.2. The topological polar surface area (TPSA) is 103 Å². The van der Waals surface area contributed by atoms with Crippen LogP contribution in [0.2, 0.25) is 0 Å². The molecule has 0 spiro atoms. The van der Waals surface area contributed by atoms with Crippen LogP contribution in [0, 0.1) is 10.1 Å². The maximum Gasteiger partial charge on any atom is 0.269 e. The van der Waals surface area contributed by atoms with Crippen LogP contribution in [-0.2, 0) is 15.6 Å². The molecule has 0 fully saturated rings. The summed E-state index contributed by atoms with van der Waals surface area (Å²) in [7, 11) is -3.49. The minimum atomic E-state index is -3.49. The highest BCUT2D eigenvalue weighted by Crippen LogP contribution is 2.19. The molecule has 20 heavy (non-hydrogen) atoms. The van der Waals surface area contributed by atoms with Crippen molar-refractivity contribution in [3.05, 3.63) is 64.2 Å². The van der Waals surface area contributed by atoms with Crippen molar-refractivity contribution in [1.82, 2.24) is 0 Å². The molecule has 2 aromatic carbocycles. The molecule has 6 nitrogen and oxygen atoms in total. The van der Waals surface area contributed by atoms with Crippen molar-refractivity contribution in [2.24, 2.45) is 0 Å². The van der Waals surface area contributed by atoms with Gasteiger partial charge in [-0.1, -0.05) is 12.1 Å². The minimum absolute atomic E-state index is 0.0707. The predicted molar refractivity (Wildman–Crippen MR) is 74.8 cm³/mol. The Labute approximate surface area is 115 Å². The van der Waals surface area contributed by atoms with Gasteiger partial charge in [-0.3, -0.25) is 10.1 Å². The lowest BCUT2D eigenvalue weighted by molar-refractivity contribution is -0.384. The lowest BCUT2D eigenvalue weighted by Crippen LogP contribution is -2.05. The van der Waals surface area contributed by atoms with Crippen molar-refractivity contribution < 1.29 is 13.3 Å². The Balaban J connectivity index is 2.24. The van der Waals surface area contributed by atoms with Crippen LogP contribution in [-0.4, -0.2) is 13.3 Å². The van der Waals surface area contributed by atoms with E-state index in [2.05, 4.69) is 0 Å². The first-order chi connectivity index (χ1) is 9.38. The number of hydrogen-bond acceptors (Lipinski definition) is 5. The van der Waals surface area contributed by atoms with Gasteiger partial charge in [0.25, 0.3) is 5.69 Å². The second-order valence-electron chi connectivity index (χ2n) is 4.25. The van der Waals surface area contributed by atoms with Crippen molar-refractivity contribution in [2.45, 2.75) is 10.6 Å². The highest BCUT2D eigenvalue weighted by molar-refractivity contribution is 7.90. The summed E-state index contributed by atoms with van der Waals surface area (Å²) in [6.45, 7) is 0. The van der Waals surface area contributed by atoms with Crippen molar-refractivity contribution in [3.63, 3.8) is 0 Å². The van der Waals surface area contributed by atoms with Crippen LogP contribution in [0.3, 0.4) is 0 Å². The molecule has 0 aromatic heterocycles. The molecule has 0 unspecified atom stereocenters. The third-order valence-electron chi connectivity index (χ3n) is 2.74. The Morgan fingerprint density at radius 1 is 1.00 bits per heavy atom. The number of benzene rings is 2. The fraction of sp³-hybridized carbons (Fsp3) is 0.0769. The van der Waals surface area contributed by atoms with E-state index in [0.717, 1.165) is 0 Å². The molecule has 0 bridgehead atoms. The summed E-state index contributed by atoms with van der Waals surface area (Å²) >= 11 is 0. The molecule has 2 rings (SSSR count). The first-order valence-corrected chi connectivity index (χ1v) is 7.35. The zero-order valence-electron chi connectivity index (χ0n) is 10.4. The largest absolute Gasteiger partial charge is 0.399 e. The first kappa shape index (κ1) is 14.0. The van der Waals surface area contributed by atoms with Gasteiger partial charge < -0.3 is 5.73 Å². The Bertz CT molecular complexity index is 722. The summed E-state index contributed by atoms with van der Waals surface area (Å²) in [5.41, 5.74) is 6.42. The second kappa shape index (κ2) is 5.30. The predicted octanol–water partition coefficient (Wildman–Crippen LogP) is 2.15. The van der Waals surface area contributed by atoms with Gasteiger partial charge in [-0.2, -0.15) is 0 Å². The number of anilines is 1. The van der Waals surface area contributed by atoms with Crippen molar-refractivity contribution in [3.8, 4) is 0 Å². The number of nitro benzene ring substituents is 1. The number of nitrogens with zero attached hydrogens (tertiary/aromatic N) is 1. The zero-order valence-corrected chi connectivity index (χ0v) is 11.2. The van der Waals surface area contributed by atoms with Crippen LogP contribution >= 0.6 is 0 Å². The molecule has 7 heteroatoms. The summed E-state index contributed by atoms with van der Waals surface area (Å²) < 4.78 is 24.3. The molecule has 2 aromatic rings. The van der Waals surface area contributed by atoms with Crippen molar-refractivity contribution in [2.75, 3.05) is 5.73 Å². The standard InChI is InChI=1S/C13H12N2O4S/c14-11-3-7-13(8-4-11)20(18,19)9-10-1-5-12(6-2-10)15(16)17/h1-8H,9,14H2. The van der Waals surface area contributed by atoms with E-state index in [1.165, 1.54) is 48.5 Å². The third kappa shape index (κ3) is 3.12. The molecule has 104 valence electrons. The van der Waals surface area contributed by atoms with E-state index in [1.54, 1.807) is 0 Å². The molecule has 0 radical (unpaired) electrons.